The summed E-state index contributed by atoms with van der Waals surface area (Å²) in [6, 6.07) is 3.88. The minimum absolute atomic E-state index is 0.0153. The Bertz CT molecular complexity index is 611. The molecule has 5 nitrogen and oxygen atoms in total. The molecule has 0 saturated heterocycles. The summed E-state index contributed by atoms with van der Waals surface area (Å²) in [5.41, 5.74) is 0.132. The van der Waals surface area contributed by atoms with E-state index in [2.05, 4.69) is 0 Å². The number of sulfonamides is 1. The van der Waals surface area contributed by atoms with E-state index in [0.29, 0.717) is 12.5 Å². The number of carbonyl (C=O) groups excluding carboxylic acids is 1. The van der Waals surface area contributed by atoms with Crippen LogP contribution in [0.25, 0.3) is 0 Å². The summed E-state index contributed by atoms with van der Waals surface area (Å²) in [6.07, 6.45) is 4.47. The molecule has 20 heavy (non-hydrogen) atoms. The van der Waals surface area contributed by atoms with Gasteiger partial charge in [-0.05, 0) is 30.5 Å². The number of hydrogen-bond donors (Lipinski definition) is 1. The van der Waals surface area contributed by atoms with Crippen molar-refractivity contribution in [3.63, 3.8) is 0 Å². The molecule has 0 aliphatic heterocycles. The van der Waals surface area contributed by atoms with Gasteiger partial charge in [0, 0.05) is 0 Å². The van der Waals surface area contributed by atoms with Gasteiger partial charge in [0.05, 0.1) is 17.2 Å². The lowest BCUT2D eigenvalue weighted by Gasteiger charge is -2.24. The van der Waals surface area contributed by atoms with Gasteiger partial charge in [-0.2, -0.15) is 0 Å². The smallest absolute Gasteiger partial charge is 0.338 e. The Morgan fingerprint density at radius 3 is 2.65 bits per heavy atom. The molecule has 1 fully saturated rings. The van der Waals surface area contributed by atoms with Crippen LogP contribution in [0.1, 0.15) is 36.0 Å². The highest BCUT2D eigenvalue weighted by Gasteiger charge is 2.19. The van der Waals surface area contributed by atoms with Gasteiger partial charge >= 0.3 is 5.97 Å². The molecule has 1 saturated carbocycles. The SMILES string of the molecule is NS(=O)(=O)c1cc(C(=O)OCCC2CCC2)ccc1Cl. The van der Waals surface area contributed by atoms with E-state index < -0.39 is 16.0 Å². The number of rotatable bonds is 5. The fourth-order valence-electron chi connectivity index (χ4n) is 2.03. The van der Waals surface area contributed by atoms with E-state index in [4.69, 9.17) is 21.5 Å². The van der Waals surface area contributed by atoms with Gasteiger partial charge in [-0.3, -0.25) is 0 Å². The van der Waals surface area contributed by atoms with Crippen molar-refractivity contribution in [1.82, 2.24) is 0 Å². The fraction of sp³-hybridized carbons (Fsp3) is 0.462. The summed E-state index contributed by atoms with van der Waals surface area (Å²) < 4.78 is 27.8. The predicted molar refractivity (Wildman–Crippen MR) is 75.1 cm³/mol. The molecule has 1 aromatic carbocycles. The van der Waals surface area contributed by atoms with Crippen molar-refractivity contribution < 1.29 is 17.9 Å². The average Bonchev–Trinajstić information content (AvgIpc) is 2.31. The molecule has 0 unspecified atom stereocenters. The maximum Gasteiger partial charge on any atom is 0.338 e. The number of hydrogen-bond acceptors (Lipinski definition) is 4. The zero-order valence-corrected chi connectivity index (χ0v) is 12.4. The lowest BCUT2D eigenvalue weighted by atomic mass is 9.83. The Hall–Kier alpha value is -1.11. The third-order valence-electron chi connectivity index (χ3n) is 3.46. The highest BCUT2D eigenvalue weighted by Crippen LogP contribution is 2.29. The summed E-state index contributed by atoms with van der Waals surface area (Å²) >= 11 is 5.75. The fourth-order valence-corrected chi connectivity index (χ4v) is 3.10. The van der Waals surface area contributed by atoms with Crippen LogP contribution in [0, 0.1) is 5.92 Å². The van der Waals surface area contributed by atoms with Crippen LogP contribution in [-0.4, -0.2) is 21.0 Å². The van der Waals surface area contributed by atoms with Crippen molar-refractivity contribution in [2.24, 2.45) is 11.1 Å². The molecule has 1 aliphatic rings. The Morgan fingerprint density at radius 2 is 2.10 bits per heavy atom. The Balaban J connectivity index is 2.02. The first kappa shape index (κ1) is 15.3. The van der Waals surface area contributed by atoms with E-state index >= 15 is 0 Å². The minimum Gasteiger partial charge on any atom is -0.462 e. The van der Waals surface area contributed by atoms with Crippen LogP contribution in [0.15, 0.2) is 23.1 Å². The summed E-state index contributed by atoms with van der Waals surface area (Å²) in [5, 5.41) is 5.01. The second-order valence-electron chi connectivity index (χ2n) is 4.91. The molecule has 110 valence electrons. The third-order valence-corrected chi connectivity index (χ3v) is 4.85. The van der Waals surface area contributed by atoms with Gasteiger partial charge in [-0.1, -0.05) is 30.9 Å². The van der Waals surface area contributed by atoms with Crippen LogP contribution in [0.5, 0.6) is 0 Å². The van der Waals surface area contributed by atoms with Crippen molar-refractivity contribution in [2.75, 3.05) is 6.61 Å². The first-order chi connectivity index (χ1) is 9.38. The van der Waals surface area contributed by atoms with Crippen LogP contribution in [0.3, 0.4) is 0 Å². The molecule has 1 aromatic rings. The van der Waals surface area contributed by atoms with Crippen molar-refractivity contribution in [3.8, 4) is 0 Å². The van der Waals surface area contributed by atoms with Gasteiger partial charge in [0.1, 0.15) is 4.90 Å². The molecule has 0 amide bonds. The molecule has 0 bridgehead atoms. The van der Waals surface area contributed by atoms with Crippen molar-refractivity contribution in [1.29, 1.82) is 0 Å². The average molecular weight is 318 g/mol. The Kier molecular flexibility index (Phi) is 4.67. The quantitative estimate of drug-likeness (QED) is 0.844. The van der Waals surface area contributed by atoms with Crippen LogP contribution >= 0.6 is 11.6 Å². The summed E-state index contributed by atoms with van der Waals surface area (Å²) in [7, 11) is -3.96. The first-order valence-corrected chi connectivity index (χ1v) is 8.30. The number of nitrogens with two attached hydrogens (primary N) is 1. The lowest BCUT2D eigenvalue weighted by molar-refractivity contribution is 0.0464. The van der Waals surface area contributed by atoms with Crippen molar-refractivity contribution in [2.45, 2.75) is 30.6 Å². The molecule has 0 spiro atoms. The van der Waals surface area contributed by atoms with E-state index in [0.717, 1.165) is 12.5 Å². The van der Waals surface area contributed by atoms with Gasteiger partial charge in [-0.25, -0.2) is 18.4 Å². The second-order valence-corrected chi connectivity index (χ2v) is 6.85. The molecular formula is C13H16ClNO4S. The topological polar surface area (TPSA) is 86.5 Å². The summed E-state index contributed by atoms with van der Waals surface area (Å²) in [6.45, 7) is 0.344. The van der Waals surface area contributed by atoms with E-state index in [1.54, 1.807) is 0 Å². The standard InChI is InChI=1S/C13H16ClNO4S/c14-11-5-4-10(8-12(11)20(15,17)18)13(16)19-7-6-9-2-1-3-9/h4-5,8-9H,1-3,6-7H2,(H2,15,17,18). The summed E-state index contributed by atoms with van der Waals surface area (Å²) in [4.78, 5) is 11.6. The monoisotopic (exact) mass is 317 g/mol. The molecular weight excluding hydrogens is 302 g/mol. The van der Waals surface area contributed by atoms with Crippen LogP contribution < -0.4 is 5.14 Å². The van der Waals surface area contributed by atoms with Gasteiger partial charge in [0.15, 0.2) is 0 Å². The second kappa shape index (κ2) is 6.11. The molecule has 2 N–H and O–H groups in total. The van der Waals surface area contributed by atoms with Crippen LogP contribution in [-0.2, 0) is 14.8 Å². The molecule has 1 aliphatic carbocycles. The molecule has 0 atom stereocenters. The zero-order chi connectivity index (χ0) is 14.8. The largest absolute Gasteiger partial charge is 0.462 e. The molecule has 0 heterocycles. The molecule has 0 radical (unpaired) electrons. The normalized spacial score (nSPS) is 15.7. The highest BCUT2D eigenvalue weighted by molar-refractivity contribution is 7.89. The maximum atomic E-state index is 11.8. The van der Waals surface area contributed by atoms with Crippen molar-refractivity contribution >= 4 is 27.6 Å². The maximum absolute atomic E-state index is 11.8. The van der Waals surface area contributed by atoms with Gasteiger partial charge in [0.25, 0.3) is 0 Å². The van der Waals surface area contributed by atoms with Crippen LogP contribution in [0.4, 0.5) is 0 Å². The molecule has 0 aromatic heterocycles. The molecule has 7 heteroatoms. The number of carbonyl (C=O) groups is 1. The minimum atomic E-state index is -3.96. The van der Waals surface area contributed by atoms with E-state index in [1.165, 1.54) is 31.4 Å². The number of benzene rings is 1. The van der Waals surface area contributed by atoms with Gasteiger partial charge < -0.3 is 4.74 Å². The number of esters is 1. The van der Waals surface area contributed by atoms with E-state index in [9.17, 15) is 13.2 Å². The van der Waals surface area contributed by atoms with E-state index in [1.807, 2.05) is 0 Å². The molecule has 2 rings (SSSR count). The third kappa shape index (κ3) is 3.71. The van der Waals surface area contributed by atoms with Crippen LogP contribution in [0.2, 0.25) is 5.02 Å². The van der Waals surface area contributed by atoms with Crippen molar-refractivity contribution in [3.05, 3.63) is 28.8 Å². The van der Waals surface area contributed by atoms with Gasteiger partial charge in [0.2, 0.25) is 10.0 Å². The van der Waals surface area contributed by atoms with Gasteiger partial charge in [-0.15, -0.1) is 0 Å². The lowest BCUT2D eigenvalue weighted by Crippen LogP contribution is -2.16. The number of ether oxygens (including phenoxy) is 1. The Labute approximate surface area is 123 Å². The summed E-state index contributed by atoms with van der Waals surface area (Å²) in [5.74, 6) is 0.0823. The highest BCUT2D eigenvalue weighted by atomic mass is 35.5. The van der Waals surface area contributed by atoms with E-state index in [-0.39, 0.29) is 15.5 Å². The number of halogens is 1. The first-order valence-electron chi connectivity index (χ1n) is 6.37. The predicted octanol–water partition coefficient (Wildman–Crippen LogP) is 2.33. The Morgan fingerprint density at radius 1 is 1.40 bits per heavy atom. The number of primary sulfonamides is 1. The zero-order valence-electron chi connectivity index (χ0n) is 10.8.